The molecule has 0 fully saturated rings. The van der Waals surface area contributed by atoms with Crippen LogP contribution >= 0.6 is 22.9 Å². The molecule has 0 saturated heterocycles. The van der Waals surface area contributed by atoms with E-state index >= 15 is 0 Å². The van der Waals surface area contributed by atoms with E-state index < -0.39 is 6.10 Å². The molecule has 1 aromatic heterocycles. The Labute approximate surface area is 154 Å². The number of benzene rings is 2. The Morgan fingerprint density at radius 2 is 1.80 bits per heavy atom. The minimum Gasteiger partial charge on any atom is -0.481 e. The van der Waals surface area contributed by atoms with E-state index in [9.17, 15) is 4.79 Å². The third-order valence-corrected chi connectivity index (χ3v) is 4.59. The van der Waals surface area contributed by atoms with Crippen LogP contribution in [0, 0.1) is 6.92 Å². The summed E-state index contributed by atoms with van der Waals surface area (Å²) in [7, 11) is 0. The number of amides is 1. The largest absolute Gasteiger partial charge is 0.481 e. The maximum atomic E-state index is 12.3. The van der Waals surface area contributed by atoms with Gasteiger partial charge in [0, 0.05) is 10.6 Å². The van der Waals surface area contributed by atoms with E-state index in [4.69, 9.17) is 16.3 Å². The number of carbonyl (C=O) groups excluding carboxylic acids is 1. The van der Waals surface area contributed by atoms with Gasteiger partial charge in [0.2, 0.25) is 5.13 Å². The summed E-state index contributed by atoms with van der Waals surface area (Å²) in [5, 5.41) is 12.7. The second-order valence-electron chi connectivity index (χ2n) is 5.48. The van der Waals surface area contributed by atoms with Gasteiger partial charge < -0.3 is 4.74 Å². The number of aryl methyl sites for hydroxylation is 1. The number of hydrogen-bond donors (Lipinski definition) is 1. The summed E-state index contributed by atoms with van der Waals surface area (Å²) < 4.78 is 5.59. The molecule has 1 atom stereocenters. The summed E-state index contributed by atoms with van der Waals surface area (Å²) in [5.41, 5.74) is 2.14. The van der Waals surface area contributed by atoms with Crippen molar-refractivity contribution in [3.8, 4) is 16.3 Å². The fourth-order valence-electron chi connectivity index (χ4n) is 2.06. The van der Waals surface area contributed by atoms with E-state index in [0.717, 1.165) is 10.6 Å². The predicted octanol–water partition coefficient (Wildman–Crippen LogP) is 4.57. The smallest absolute Gasteiger partial charge is 0.266 e. The third kappa shape index (κ3) is 4.55. The molecule has 1 amide bonds. The van der Waals surface area contributed by atoms with Crippen LogP contribution in [0.15, 0.2) is 48.5 Å². The lowest BCUT2D eigenvalue weighted by Crippen LogP contribution is -2.30. The maximum Gasteiger partial charge on any atom is 0.266 e. The topological polar surface area (TPSA) is 64.1 Å². The van der Waals surface area contributed by atoms with Crippen LogP contribution in [0.4, 0.5) is 5.13 Å². The number of ether oxygens (including phenoxy) is 1. The summed E-state index contributed by atoms with van der Waals surface area (Å²) in [6, 6.07) is 14.8. The molecule has 0 spiro atoms. The molecule has 1 unspecified atom stereocenters. The molecule has 1 heterocycles. The molecule has 3 rings (SSSR count). The van der Waals surface area contributed by atoms with Gasteiger partial charge in [-0.25, -0.2) is 0 Å². The van der Waals surface area contributed by atoms with Gasteiger partial charge in [-0.1, -0.05) is 52.8 Å². The van der Waals surface area contributed by atoms with Gasteiger partial charge in [-0.3, -0.25) is 10.1 Å². The number of hydrogen-bond acceptors (Lipinski definition) is 5. The summed E-state index contributed by atoms with van der Waals surface area (Å²) >= 11 is 7.15. The van der Waals surface area contributed by atoms with Gasteiger partial charge in [-0.2, -0.15) is 0 Å². The molecule has 7 heteroatoms. The standard InChI is InChI=1S/C18H16ClN3O2S/c1-11-3-5-13(6-4-11)17-21-22-18(25-17)20-16(23)12(2)24-15-9-7-14(19)8-10-15/h3-10,12H,1-2H3,(H,20,22,23). The molecule has 0 aliphatic carbocycles. The van der Waals surface area contributed by atoms with Crippen LogP contribution in [-0.2, 0) is 4.79 Å². The lowest BCUT2D eigenvalue weighted by atomic mass is 10.2. The molecule has 0 bridgehead atoms. The third-order valence-electron chi connectivity index (χ3n) is 3.45. The van der Waals surface area contributed by atoms with E-state index in [1.54, 1.807) is 31.2 Å². The van der Waals surface area contributed by atoms with Crippen LogP contribution < -0.4 is 10.1 Å². The summed E-state index contributed by atoms with van der Waals surface area (Å²) in [4.78, 5) is 12.3. The fraction of sp³-hybridized carbons (Fsp3) is 0.167. The highest BCUT2D eigenvalue weighted by Gasteiger charge is 2.17. The van der Waals surface area contributed by atoms with Crippen LogP contribution in [0.25, 0.3) is 10.6 Å². The van der Waals surface area contributed by atoms with E-state index in [0.29, 0.717) is 15.9 Å². The van der Waals surface area contributed by atoms with Gasteiger partial charge in [0.1, 0.15) is 10.8 Å². The number of aromatic nitrogens is 2. The Morgan fingerprint density at radius 1 is 1.12 bits per heavy atom. The second-order valence-corrected chi connectivity index (χ2v) is 6.90. The van der Waals surface area contributed by atoms with Crippen LogP contribution in [0.3, 0.4) is 0 Å². The minimum absolute atomic E-state index is 0.290. The quantitative estimate of drug-likeness (QED) is 0.711. The van der Waals surface area contributed by atoms with Crippen LogP contribution in [-0.4, -0.2) is 22.2 Å². The molecular formula is C18H16ClN3O2S. The molecule has 0 radical (unpaired) electrons. The monoisotopic (exact) mass is 373 g/mol. The highest BCUT2D eigenvalue weighted by molar-refractivity contribution is 7.18. The average molecular weight is 374 g/mol. The first kappa shape index (κ1) is 17.4. The highest BCUT2D eigenvalue weighted by Crippen LogP contribution is 2.26. The SMILES string of the molecule is Cc1ccc(-c2nnc(NC(=O)C(C)Oc3ccc(Cl)cc3)s2)cc1. The first-order valence-corrected chi connectivity index (χ1v) is 8.84. The van der Waals surface area contributed by atoms with Crippen molar-refractivity contribution in [2.45, 2.75) is 20.0 Å². The van der Waals surface area contributed by atoms with Crippen LogP contribution in [0.5, 0.6) is 5.75 Å². The van der Waals surface area contributed by atoms with E-state index in [2.05, 4.69) is 15.5 Å². The molecule has 5 nitrogen and oxygen atoms in total. The number of rotatable bonds is 5. The average Bonchev–Trinajstić information content (AvgIpc) is 3.06. The van der Waals surface area contributed by atoms with Crippen molar-refractivity contribution in [2.24, 2.45) is 0 Å². The number of nitrogens with one attached hydrogen (secondary N) is 1. The first-order valence-electron chi connectivity index (χ1n) is 7.65. The second kappa shape index (κ2) is 7.63. The Kier molecular flexibility index (Phi) is 5.31. The van der Waals surface area contributed by atoms with Gasteiger partial charge in [-0.15, -0.1) is 10.2 Å². The van der Waals surface area contributed by atoms with Crippen molar-refractivity contribution >= 4 is 34.0 Å². The zero-order chi connectivity index (χ0) is 17.8. The van der Waals surface area contributed by atoms with Gasteiger partial charge in [-0.05, 0) is 38.1 Å². The number of halogens is 1. The Morgan fingerprint density at radius 3 is 2.48 bits per heavy atom. The molecule has 25 heavy (non-hydrogen) atoms. The molecule has 0 saturated carbocycles. The maximum absolute atomic E-state index is 12.3. The van der Waals surface area contributed by atoms with Crippen LogP contribution in [0.1, 0.15) is 12.5 Å². The molecule has 128 valence electrons. The molecule has 2 aromatic carbocycles. The Balaban J connectivity index is 1.62. The molecule has 3 aromatic rings. The van der Waals surface area contributed by atoms with Crippen molar-refractivity contribution in [1.82, 2.24) is 10.2 Å². The number of nitrogens with zero attached hydrogens (tertiary/aromatic N) is 2. The van der Waals surface area contributed by atoms with Gasteiger partial charge in [0.15, 0.2) is 6.10 Å². The molecule has 0 aliphatic heterocycles. The lowest BCUT2D eigenvalue weighted by molar-refractivity contribution is -0.122. The van der Waals surface area contributed by atoms with Gasteiger partial charge in [0.05, 0.1) is 0 Å². The predicted molar refractivity (Wildman–Crippen MR) is 100 cm³/mol. The zero-order valence-corrected chi connectivity index (χ0v) is 15.3. The fourth-order valence-corrected chi connectivity index (χ4v) is 2.94. The summed E-state index contributed by atoms with van der Waals surface area (Å²) in [6.07, 6.45) is -0.673. The minimum atomic E-state index is -0.673. The van der Waals surface area contributed by atoms with E-state index in [1.165, 1.54) is 16.9 Å². The molecule has 0 aliphatic rings. The van der Waals surface area contributed by atoms with Crippen molar-refractivity contribution in [1.29, 1.82) is 0 Å². The van der Waals surface area contributed by atoms with Crippen molar-refractivity contribution in [2.75, 3.05) is 5.32 Å². The Hall–Kier alpha value is -2.44. The van der Waals surface area contributed by atoms with Gasteiger partial charge in [0.25, 0.3) is 5.91 Å². The van der Waals surface area contributed by atoms with Crippen LogP contribution in [0.2, 0.25) is 5.02 Å². The van der Waals surface area contributed by atoms with E-state index in [1.807, 2.05) is 31.2 Å². The number of anilines is 1. The lowest BCUT2D eigenvalue weighted by Gasteiger charge is -2.13. The van der Waals surface area contributed by atoms with Gasteiger partial charge >= 0.3 is 0 Å². The zero-order valence-electron chi connectivity index (χ0n) is 13.7. The van der Waals surface area contributed by atoms with Crippen molar-refractivity contribution in [3.05, 3.63) is 59.1 Å². The summed E-state index contributed by atoms with van der Waals surface area (Å²) in [6.45, 7) is 3.70. The Bertz CT molecular complexity index is 863. The highest BCUT2D eigenvalue weighted by atomic mass is 35.5. The summed E-state index contributed by atoms with van der Waals surface area (Å²) in [5.74, 6) is 0.284. The normalized spacial score (nSPS) is 11.8. The first-order chi connectivity index (χ1) is 12.0. The van der Waals surface area contributed by atoms with E-state index in [-0.39, 0.29) is 5.91 Å². The number of carbonyl (C=O) groups is 1. The molecular weight excluding hydrogens is 358 g/mol. The van der Waals surface area contributed by atoms with Crippen molar-refractivity contribution in [3.63, 3.8) is 0 Å². The molecule has 1 N–H and O–H groups in total. The van der Waals surface area contributed by atoms with Crippen molar-refractivity contribution < 1.29 is 9.53 Å².